The zero-order valence-electron chi connectivity index (χ0n) is 9.16. The average Bonchev–Trinajstić information content (AvgIpc) is 2.13. The molecule has 0 amide bonds. The van der Waals surface area contributed by atoms with Crippen LogP contribution in [0.3, 0.4) is 0 Å². The fraction of sp³-hybridized carbons (Fsp3) is 0.364. The van der Waals surface area contributed by atoms with Gasteiger partial charge in [0.05, 0.1) is 11.4 Å². The third-order valence-corrected chi connectivity index (χ3v) is 2.27. The number of carbonyl (C=O) groups is 1. The summed E-state index contributed by atoms with van der Waals surface area (Å²) in [5, 5.41) is 11.6. The number of benzene rings is 1. The second-order valence-electron chi connectivity index (χ2n) is 3.75. The Bertz CT molecular complexity index is 388. The molecule has 1 aromatic carbocycles. The topological polar surface area (TPSA) is 75.3 Å². The van der Waals surface area contributed by atoms with Gasteiger partial charge in [-0.05, 0) is 38.0 Å². The van der Waals surface area contributed by atoms with E-state index in [-0.39, 0.29) is 0 Å². The molecule has 1 atom stereocenters. The first-order valence-electron chi connectivity index (χ1n) is 4.78. The first-order valence-corrected chi connectivity index (χ1v) is 4.78. The van der Waals surface area contributed by atoms with Gasteiger partial charge in [-0.25, -0.2) is 0 Å². The van der Waals surface area contributed by atoms with Crippen molar-refractivity contribution in [3.8, 4) is 0 Å². The quantitative estimate of drug-likeness (QED) is 0.662. The third kappa shape index (κ3) is 2.62. The van der Waals surface area contributed by atoms with Crippen molar-refractivity contribution in [2.45, 2.75) is 26.8 Å². The molecule has 0 spiro atoms. The van der Waals surface area contributed by atoms with Crippen LogP contribution in [0.2, 0.25) is 0 Å². The molecule has 0 fully saturated rings. The SMILES string of the molecule is Cc1cc(C)c(N)c(NC(C)C(=O)O)c1. The number of nitrogens with two attached hydrogens (primary N) is 1. The Labute approximate surface area is 89.1 Å². The van der Waals surface area contributed by atoms with Crippen molar-refractivity contribution in [1.82, 2.24) is 0 Å². The van der Waals surface area contributed by atoms with Crippen LogP contribution in [-0.4, -0.2) is 17.1 Å². The minimum atomic E-state index is -0.895. The molecule has 4 nitrogen and oxygen atoms in total. The summed E-state index contributed by atoms with van der Waals surface area (Å²) in [7, 11) is 0. The van der Waals surface area contributed by atoms with Gasteiger partial charge in [-0.3, -0.25) is 4.79 Å². The minimum Gasteiger partial charge on any atom is -0.480 e. The monoisotopic (exact) mass is 208 g/mol. The standard InChI is InChI=1S/C11H16N2O2/c1-6-4-7(2)10(12)9(5-6)13-8(3)11(14)15/h4-5,8,13H,12H2,1-3H3,(H,14,15). The number of nitrogen functional groups attached to an aromatic ring is 1. The predicted molar refractivity (Wildman–Crippen MR) is 61.0 cm³/mol. The molecular formula is C11H16N2O2. The molecule has 82 valence electrons. The minimum absolute atomic E-state index is 0.605. The Kier molecular flexibility index (Phi) is 3.19. The molecule has 4 heteroatoms. The third-order valence-electron chi connectivity index (χ3n) is 2.27. The summed E-state index contributed by atoms with van der Waals surface area (Å²) >= 11 is 0. The molecule has 1 rings (SSSR count). The summed E-state index contributed by atoms with van der Waals surface area (Å²) in [6.07, 6.45) is 0. The van der Waals surface area contributed by atoms with E-state index in [1.807, 2.05) is 26.0 Å². The maximum atomic E-state index is 10.7. The van der Waals surface area contributed by atoms with E-state index in [1.165, 1.54) is 0 Å². The van der Waals surface area contributed by atoms with Gasteiger partial charge in [0, 0.05) is 0 Å². The van der Waals surface area contributed by atoms with Gasteiger partial charge in [0.25, 0.3) is 0 Å². The lowest BCUT2D eigenvalue weighted by Crippen LogP contribution is -2.26. The average molecular weight is 208 g/mol. The van der Waals surface area contributed by atoms with Gasteiger partial charge < -0.3 is 16.2 Å². The first-order chi connectivity index (χ1) is 6.91. The van der Waals surface area contributed by atoms with E-state index in [9.17, 15) is 4.79 Å². The van der Waals surface area contributed by atoms with Crippen LogP contribution in [-0.2, 0) is 4.79 Å². The Morgan fingerprint density at radius 1 is 1.47 bits per heavy atom. The molecule has 0 saturated carbocycles. The van der Waals surface area contributed by atoms with E-state index in [4.69, 9.17) is 10.8 Å². The van der Waals surface area contributed by atoms with E-state index in [0.717, 1.165) is 11.1 Å². The Balaban J connectivity index is 2.99. The lowest BCUT2D eigenvalue weighted by Gasteiger charge is -2.15. The van der Waals surface area contributed by atoms with E-state index < -0.39 is 12.0 Å². The number of carboxylic acids is 1. The van der Waals surface area contributed by atoms with Crippen LogP contribution in [0.15, 0.2) is 12.1 Å². The van der Waals surface area contributed by atoms with Crippen LogP contribution in [0.4, 0.5) is 11.4 Å². The highest BCUT2D eigenvalue weighted by Crippen LogP contribution is 2.24. The van der Waals surface area contributed by atoms with Crippen molar-refractivity contribution in [2.75, 3.05) is 11.1 Å². The maximum Gasteiger partial charge on any atom is 0.325 e. The molecule has 1 aromatic rings. The number of aliphatic carboxylic acids is 1. The fourth-order valence-corrected chi connectivity index (χ4v) is 1.39. The lowest BCUT2D eigenvalue weighted by atomic mass is 10.1. The summed E-state index contributed by atoms with van der Waals surface area (Å²) in [4.78, 5) is 10.7. The summed E-state index contributed by atoms with van der Waals surface area (Å²) in [5.41, 5.74) is 9.14. The van der Waals surface area contributed by atoms with Crippen LogP contribution in [0, 0.1) is 13.8 Å². The molecule has 4 N–H and O–H groups in total. The first kappa shape index (κ1) is 11.4. The van der Waals surface area contributed by atoms with Gasteiger partial charge in [0.2, 0.25) is 0 Å². The van der Waals surface area contributed by atoms with E-state index in [2.05, 4.69) is 5.32 Å². The molecule has 0 aliphatic heterocycles. The second-order valence-corrected chi connectivity index (χ2v) is 3.75. The number of nitrogens with one attached hydrogen (secondary N) is 1. The van der Waals surface area contributed by atoms with Crippen LogP contribution in [0.1, 0.15) is 18.1 Å². The molecule has 0 heterocycles. The van der Waals surface area contributed by atoms with Gasteiger partial charge in [0.15, 0.2) is 0 Å². The summed E-state index contributed by atoms with van der Waals surface area (Å²) in [6, 6.07) is 3.17. The summed E-state index contributed by atoms with van der Waals surface area (Å²) in [6.45, 7) is 5.43. The van der Waals surface area contributed by atoms with E-state index >= 15 is 0 Å². The van der Waals surface area contributed by atoms with Crippen molar-refractivity contribution in [3.63, 3.8) is 0 Å². The molecule has 0 aromatic heterocycles. The summed E-state index contributed by atoms with van der Waals surface area (Å²) in [5.74, 6) is -0.895. The Morgan fingerprint density at radius 3 is 2.60 bits per heavy atom. The van der Waals surface area contributed by atoms with Gasteiger partial charge in [-0.1, -0.05) is 6.07 Å². The second kappa shape index (κ2) is 4.21. The van der Waals surface area contributed by atoms with Crippen molar-refractivity contribution in [1.29, 1.82) is 0 Å². The highest BCUT2D eigenvalue weighted by atomic mass is 16.4. The molecule has 0 bridgehead atoms. The van der Waals surface area contributed by atoms with E-state index in [1.54, 1.807) is 6.92 Å². The highest BCUT2D eigenvalue weighted by Gasteiger charge is 2.12. The predicted octanol–water partition coefficient (Wildman–Crippen LogP) is 1.77. The zero-order chi connectivity index (χ0) is 11.6. The van der Waals surface area contributed by atoms with Crippen molar-refractivity contribution in [3.05, 3.63) is 23.3 Å². The number of anilines is 2. The maximum absolute atomic E-state index is 10.7. The van der Waals surface area contributed by atoms with Crippen LogP contribution >= 0.6 is 0 Å². The smallest absolute Gasteiger partial charge is 0.325 e. The lowest BCUT2D eigenvalue weighted by molar-refractivity contribution is -0.137. The molecular weight excluding hydrogens is 192 g/mol. The number of hydrogen-bond donors (Lipinski definition) is 3. The number of rotatable bonds is 3. The Morgan fingerprint density at radius 2 is 2.07 bits per heavy atom. The van der Waals surface area contributed by atoms with Gasteiger partial charge >= 0.3 is 5.97 Å². The van der Waals surface area contributed by atoms with Crippen LogP contribution in [0.25, 0.3) is 0 Å². The van der Waals surface area contributed by atoms with Gasteiger partial charge in [-0.2, -0.15) is 0 Å². The number of hydrogen-bond acceptors (Lipinski definition) is 3. The molecule has 0 aliphatic carbocycles. The Hall–Kier alpha value is -1.71. The van der Waals surface area contributed by atoms with Crippen LogP contribution < -0.4 is 11.1 Å². The number of aryl methyl sites for hydroxylation is 2. The van der Waals surface area contributed by atoms with Crippen molar-refractivity contribution in [2.24, 2.45) is 0 Å². The largest absolute Gasteiger partial charge is 0.480 e. The molecule has 0 saturated heterocycles. The van der Waals surface area contributed by atoms with Gasteiger partial charge in [0.1, 0.15) is 6.04 Å². The number of carboxylic acid groups (broad SMARTS) is 1. The highest BCUT2D eigenvalue weighted by molar-refractivity contribution is 5.80. The fourth-order valence-electron chi connectivity index (χ4n) is 1.39. The zero-order valence-corrected chi connectivity index (χ0v) is 9.16. The molecule has 1 unspecified atom stereocenters. The molecule has 0 radical (unpaired) electrons. The summed E-state index contributed by atoms with van der Waals surface area (Å²) < 4.78 is 0. The van der Waals surface area contributed by atoms with Gasteiger partial charge in [-0.15, -0.1) is 0 Å². The molecule has 0 aliphatic rings. The van der Waals surface area contributed by atoms with Crippen LogP contribution in [0.5, 0.6) is 0 Å². The van der Waals surface area contributed by atoms with Crippen molar-refractivity contribution >= 4 is 17.3 Å². The normalized spacial score (nSPS) is 12.2. The van der Waals surface area contributed by atoms with E-state index in [0.29, 0.717) is 11.4 Å². The molecule has 15 heavy (non-hydrogen) atoms. The van der Waals surface area contributed by atoms with Crippen molar-refractivity contribution < 1.29 is 9.90 Å².